The van der Waals surface area contributed by atoms with Gasteiger partial charge in [0.2, 0.25) is 5.91 Å². The summed E-state index contributed by atoms with van der Waals surface area (Å²) in [5.41, 5.74) is 1.84. The second-order valence-corrected chi connectivity index (χ2v) is 8.64. The van der Waals surface area contributed by atoms with Crippen LogP contribution in [0.2, 0.25) is 0 Å². The zero-order valence-electron chi connectivity index (χ0n) is 19.6. The Balaban J connectivity index is 1.54. The molecule has 2 amide bonds. The van der Waals surface area contributed by atoms with E-state index in [0.717, 1.165) is 12.0 Å². The van der Waals surface area contributed by atoms with E-state index < -0.39 is 0 Å². The molecular formula is C27H30N2O5. The summed E-state index contributed by atoms with van der Waals surface area (Å²) in [7, 11) is 1.64. The van der Waals surface area contributed by atoms with Crippen molar-refractivity contribution in [2.45, 2.75) is 26.2 Å². The third kappa shape index (κ3) is 4.89. The Hall–Kier alpha value is -3.45. The van der Waals surface area contributed by atoms with Crippen molar-refractivity contribution in [1.29, 1.82) is 0 Å². The van der Waals surface area contributed by atoms with Crippen LogP contribution in [0, 0.1) is 12.8 Å². The molecule has 0 atom stereocenters. The van der Waals surface area contributed by atoms with E-state index >= 15 is 0 Å². The number of carbonyl (C=O) groups is 2. The van der Waals surface area contributed by atoms with Gasteiger partial charge in [-0.1, -0.05) is 36.4 Å². The molecule has 7 heteroatoms. The van der Waals surface area contributed by atoms with Crippen LogP contribution in [0.25, 0.3) is 22.3 Å². The molecule has 2 aromatic carbocycles. The van der Waals surface area contributed by atoms with E-state index in [-0.39, 0.29) is 23.2 Å². The van der Waals surface area contributed by atoms with E-state index in [1.807, 2.05) is 30.3 Å². The summed E-state index contributed by atoms with van der Waals surface area (Å²) >= 11 is 0. The second-order valence-electron chi connectivity index (χ2n) is 8.64. The maximum atomic E-state index is 13.4. The molecule has 4 rings (SSSR count). The number of nitrogens with one attached hydrogen (secondary N) is 1. The first-order valence-electron chi connectivity index (χ1n) is 11.7. The lowest BCUT2D eigenvalue weighted by Crippen LogP contribution is -2.43. The topological polar surface area (TPSA) is 88.9 Å². The van der Waals surface area contributed by atoms with Gasteiger partial charge in [0.05, 0.1) is 10.9 Å². The minimum absolute atomic E-state index is 0.0299. The standard InChI is InChI=1S/C27H30N2O5/c1-18-23(30)21-10-6-11-22(25(21)34-24(18)19-8-4-3-5-9-19)27(32)29-15-12-20(13-16-29)26(31)28-14-7-17-33-2/h3-6,8-11,20H,7,12-17H2,1-2H3,(H,28,31). The summed E-state index contributed by atoms with van der Waals surface area (Å²) in [6.45, 7) is 3.90. The molecule has 1 aromatic heterocycles. The molecule has 1 saturated heterocycles. The molecule has 1 aliphatic heterocycles. The first kappa shape index (κ1) is 23.7. The third-order valence-corrected chi connectivity index (χ3v) is 6.39. The lowest BCUT2D eigenvalue weighted by molar-refractivity contribution is -0.126. The first-order chi connectivity index (χ1) is 16.5. The average Bonchev–Trinajstić information content (AvgIpc) is 2.88. The highest BCUT2D eigenvalue weighted by atomic mass is 16.5. The molecule has 0 bridgehead atoms. The van der Waals surface area contributed by atoms with Gasteiger partial charge >= 0.3 is 0 Å². The van der Waals surface area contributed by atoms with Crippen molar-refractivity contribution in [2.75, 3.05) is 33.4 Å². The molecule has 34 heavy (non-hydrogen) atoms. The smallest absolute Gasteiger partial charge is 0.257 e. The number of piperidine rings is 1. The largest absolute Gasteiger partial charge is 0.455 e. The zero-order chi connectivity index (χ0) is 24.1. The minimum Gasteiger partial charge on any atom is -0.455 e. The molecular weight excluding hydrogens is 432 g/mol. The van der Waals surface area contributed by atoms with Crippen LogP contribution < -0.4 is 10.7 Å². The van der Waals surface area contributed by atoms with Crippen LogP contribution in [-0.2, 0) is 9.53 Å². The number of para-hydroxylation sites is 1. The van der Waals surface area contributed by atoms with Crippen molar-refractivity contribution < 1.29 is 18.7 Å². The van der Waals surface area contributed by atoms with Gasteiger partial charge < -0.3 is 19.4 Å². The normalized spacial score (nSPS) is 14.4. The van der Waals surface area contributed by atoms with E-state index in [1.165, 1.54) is 0 Å². The van der Waals surface area contributed by atoms with Crippen LogP contribution in [0.3, 0.4) is 0 Å². The van der Waals surface area contributed by atoms with E-state index in [2.05, 4.69) is 5.32 Å². The zero-order valence-corrected chi connectivity index (χ0v) is 19.6. The van der Waals surface area contributed by atoms with Gasteiger partial charge in [-0.2, -0.15) is 0 Å². The molecule has 0 radical (unpaired) electrons. The number of fused-ring (bicyclic) bond motifs is 1. The second kappa shape index (κ2) is 10.7. The fourth-order valence-corrected chi connectivity index (χ4v) is 4.43. The highest BCUT2D eigenvalue weighted by Gasteiger charge is 2.29. The quantitative estimate of drug-likeness (QED) is 0.540. The molecule has 0 aliphatic carbocycles. The Labute approximate surface area is 198 Å². The van der Waals surface area contributed by atoms with E-state index in [0.29, 0.717) is 66.9 Å². The van der Waals surface area contributed by atoms with Crippen LogP contribution in [-0.4, -0.2) is 50.1 Å². The highest BCUT2D eigenvalue weighted by molar-refractivity contribution is 6.05. The van der Waals surface area contributed by atoms with E-state index in [1.54, 1.807) is 37.1 Å². The molecule has 7 nitrogen and oxygen atoms in total. The first-order valence-corrected chi connectivity index (χ1v) is 11.7. The van der Waals surface area contributed by atoms with Gasteiger partial charge in [-0.3, -0.25) is 14.4 Å². The van der Waals surface area contributed by atoms with E-state index in [4.69, 9.17) is 9.15 Å². The summed E-state index contributed by atoms with van der Waals surface area (Å²) in [5.74, 6) is 0.212. The van der Waals surface area contributed by atoms with Gasteiger partial charge in [0.1, 0.15) is 5.76 Å². The Kier molecular flexibility index (Phi) is 7.43. The third-order valence-electron chi connectivity index (χ3n) is 6.39. The van der Waals surface area contributed by atoms with Gasteiger partial charge in [0.15, 0.2) is 11.0 Å². The van der Waals surface area contributed by atoms with E-state index in [9.17, 15) is 14.4 Å². The van der Waals surface area contributed by atoms with Crippen LogP contribution >= 0.6 is 0 Å². The fourth-order valence-electron chi connectivity index (χ4n) is 4.43. The molecule has 1 N–H and O–H groups in total. The monoisotopic (exact) mass is 462 g/mol. The Morgan fingerprint density at radius 3 is 2.53 bits per heavy atom. The predicted molar refractivity (Wildman–Crippen MR) is 131 cm³/mol. The van der Waals surface area contributed by atoms with Gasteiger partial charge in [-0.15, -0.1) is 0 Å². The summed E-state index contributed by atoms with van der Waals surface area (Å²) in [4.78, 5) is 40.7. The summed E-state index contributed by atoms with van der Waals surface area (Å²) in [5, 5.41) is 3.34. The Morgan fingerprint density at radius 2 is 1.82 bits per heavy atom. The average molecular weight is 463 g/mol. The molecule has 0 saturated carbocycles. The van der Waals surface area contributed by atoms with Crippen LogP contribution in [0.15, 0.2) is 57.7 Å². The van der Waals surface area contributed by atoms with Gasteiger partial charge in [-0.25, -0.2) is 0 Å². The van der Waals surface area contributed by atoms with Crippen molar-refractivity contribution in [3.8, 4) is 11.3 Å². The number of amides is 2. The maximum absolute atomic E-state index is 13.4. The van der Waals surface area contributed by atoms with Crippen LogP contribution in [0.5, 0.6) is 0 Å². The number of methoxy groups -OCH3 is 1. The number of ether oxygens (including phenoxy) is 1. The number of benzene rings is 2. The lowest BCUT2D eigenvalue weighted by atomic mass is 9.95. The molecule has 3 aromatic rings. The number of nitrogens with zero attached hydrogens (tertiary/aromatic N) is 1. The number of likely N-dealkylation sites (tertiary alicyclic amines) is 1. The predicted octanol–water partition coefficient (Wildman–Crippen LogP) is 3.77. The number of rotatable bonds is 7. The van der Waals surface area contributed by atoms with Crippen molar-refractivity contribution in [3.63, 3.8) is 0 Å². The van der Waals surface area contributed by atoms with Crippen molar-refractivity contribution in [1.82, 2.24) is 10.2 Å². The number of hydrogen-bond acceptors (Lipinski definition) is 5. The summed E-state index contributed by atoms with van der Waals surface area (Å²) in [6.07, 6.45) is 1.98. The summed E-state index contributed by atoms with van der Waals surface area (Å²) in [6, 6.07) is 14.5. The Bertz CT molecular complexity index is 1230. The fraction of sp³-hybridized carbons (Fsp3) is 0.370. The minimum atomic E-state index is -0.185. The van der Waals surface area contributed by atoms with Crippen molar-refractivity contribution >= 4 is 22.8 Å². The van der Waals surface area contributed by atoms with Gasteiger partial charge in [0.25, 0.3) is 5.91 Å². The number of carbonyl (C=O) groups excluding carboxylic acids is 2. The molecule has 1 aliphatic rings. The Morgan fingerprint density at radius 1 is 1.09 bits per heavy atom. The summed E-state index contributed by atoms with van der Waals surface area (Å²) < 4.78 is 11.2. The van der Waals surface area contributed by atoms with Gasteiger partial charge in [-0.05, 0) is 38.3 Å². The SMILES string of the molecule is COCCCNC(=O)C1CCN(C(=O)c2cccc3c(=O)c(C)c(-c4ccccc4)oc23)CC1. The lowest BCUT2D eigenvalue weighted by Gasteiger charge is -2.31. The van der Waals surface area contributed by atoms with Gasteiger partial charge in [0, 0.05) is 50.4 Å². The highest BCUT2D eigenvalue weighted by Crippen LogP contribution is 2.28. The van der Waals surface area contributed by atoms with Crippen LogP contribution in [0.1, 0.15) is 35.2 Å². The molecule has 2 heterocycles. The van der Waals surface area contributed by atoms with Crippen molar-refractivity contribution in [3.05, 3.63) is 69.9 Å². The molecule has 178 valence electrons. The molecule has 0 spiro atoms. The van der Waals surface area contributed by atoms with Crippen molar-refractivity contribution in [2.24, 2.45) is 5.92 Å². The molecule has 0 unspecified atom stereocenters. The maximum Gasteiger partial charge on any atom is 0.257 e. The van der Waals surface area contributed by atoms with Crippen LogP contribution in [0.4, 0.5) is 0 Å². The number of hydrogen-bond donors (Lipinski definition) is 1. The molecule has 1 fully saturated rings.